The minimum Gasteiger partial charge on any atom is -0.494 e. The first kappa shape index (κ1) is 13.6. The molecule has 0 radical (unpaired) electrons. The zero-order chi connectivity index (χ0) is 12.8. The van der Waals surface area contributed by atoms with Gasteiger partial charge < -0.3 is 4.74 Å². The van der Waals surface area contributed by atoms with Crippen molar-refractivity contribution in [2.24, 2.45) is 0 Å². The number of carbonyl (C=O) groups excluding carboxylic acids is 1. The number of methoxy groups -OCH3 is 1. The van der Waals surface area contributed by atoms with Gasteiger partial charge in [-0.2, -0.15) is 0 Å². The molecular weight excluding hydrogens is 221 g/mol. The number of hydrogen-bond donors (Lipinski definition) is 0. The number of rotatable bonds is 6. The maximum Gasteiger partial charge on any atom is 0.165 e. The molecule has 0 aromatic heterocycles. The summed E-state index contributed by atoms with van der Waals surface area (Å²) in [4.78, 5) is 13.1. The average Bonchev–Trinajstić information content (AvgIpc) is 2.29. The van der Waals surface area contributed by atoms with Gasteiger partial charge in [0.2, 0.25) is 0 Å². The molecule has 0 aliphatic heterocycles. The summed E-state index contributed by atoms with van der Waals surface area (Å²) in [5.41, 5.74) is 0.828. The second-order valence-electron chi connectivity index (χ2n) is 4.03. The fraction of sp³-hybridized carbons (Fsp3) is 0.462. The van der Waals surface area contributed by atoms with Gasteiger partial charge in [-0.25, -0.2) is 4.39 Å². The molecule has 3 nitrogen and oxygen atoms in total. The molecule has 0 aliphatic carbocycles. The monoisotopic (exact) mass is 239 g/mol. The van der Waals surface area contributed by atoms with Crippen molar-refractivity contribution < 1.29 is 13.9 Å². The van der Waals surface area contributed by atoms with Crippen LogP contribution in [0.1, 0.15) is 18.9 Å². The highest BCUT2D eigenvalue weighted by molar-refractivity contribution is 5.80. The third-order valence-electron chi connectivity index (χ3n) is 2.51. The second kappa shape index (κ2) is 6.35. The zero-order valence-electron chi connectivity index (χ0n) is 10.5. The Morgan fingerprint density at radius 1 is 1.47 bits per heavy atom. The van der Waals surface area contributed by atoms with Gasteiger partial charge in [-0.1, -0.05) is 13.0 Å². The molecule has 94 valence electrons. The van der Waals surface area contributed by atoms with Crippen molar-refractivity contribution in [2.45, 2.75) is 19.9 Å². The van der Waals surface area contributed by atoms with Crippen molar-refractivity contribution in [3.05, 3.63) is 29.6 Å². The number of hydrogen-bond acceptors (Lipinski definition) is 3. The lowest BCUT2D eigenvalue weighted by molar-refractivity contribution is -0.119. The Hall–Kier alpha value is -1.42. The molecule has 1 rings (SSSR count). The van der Waals surface area contributed by atoms with Gasteiger partial charge in [-0.15, -0.1) is 0 Å². The van der Waals surface area contributed by atoms with Crippen LogP contribution in [-0.4, -0.2) is 31.4 Å². The van der Waals surface area contributed by atoms with Gasteiger partial charge >= 0.3 is 0 Å². The summed E-state index contributed by atoms with van der Waals surface area (Å²) in [6, 6.07) is 4.83. The highest BCUT2D eigenvalue weighted by Crippen LogP contribution is 2.18. The van der Waals surface area contributed by atoms with E-state index in [1.165, 1.54) is 13.2 Å². The third-order valence-corrected chi connectivity index (χ3v) is 2.51. The van der Waals surface area contributed by atoms with Crippen LogP contribution in [0.3, 0.4) is 0 Å². The number of nitrogens with zero attached hydrogens (tertiary/aromatic N) is 1. The third kappa shape index (κ3) is 4.15. The molecule has 4 heteroatoms. The molecule has 1 aromatic carbocycles. The molecule has 0 fully saturated rings. The summed E-state index contributed by atoms with van der Waals surface area (Å²) in [5.74, 6) is 0.0442. The Morgan fingerprint density at radius 3 is 2.71 bits per heavy atom. The SMILES string of the molecule is CCC(=O)CN(C)Cc1ccc(OC)c(F)c1. The zero-order valence-corrected chi connectivity index (χ0v) is 10.5. The lowest BCUT2D eigenvalue weighted by atomic mass is 10.2. The van der Waals surface area contributed by atoms with Crippen molar-refractivity contribution in [2.75, 3.05) is 20.7 Å². The molecule has 1 aromatic rings. The first-order chi connectivity index (χ1) is 8.06. The number of Topliss-reactive ketones (excluding diaryl/α,β-unsaturated/α-hetero) is 1. The van der Waals surface area contributed by atoms with Gasteiger partial charge in [0.05, 0.1) is 13.7 Å². The maximum atomic E-state index is 13.4. The minimum atomic E-state index is -0.375. The number of benzene rings is 1. The molecule has 0 N–H and O–H groups in total. The van der Waals surface area contributed by atoms with E-state index < -0.39 is 0 Å². The van der Waals surface area contributed by atoms with E-state index >= 15 is 0 Å². The Balaban J connectivity index is 2.62. The van der Waals surface area contributed by atoms with Gasteiger partial charge in [-0.3, -0.25) is 9.69 Å². The van der Waals surface area contributed by atoms with E-state index in [0.717, 1.165) is 5.56 Å². The number of ketones is 1. The standard InChI is InChI=1S/C13H18FNO2/c1-4-11(16)9-15(2)8-10-5-6-13(17-3)12(14)7-10/h5-7H,4,8-9H2,1-3H3. The van der Waals surface area contributed by atoms with E-state index in [-0.39, 0.29) is 17.3 Å². The molecule has 0 saturated heterocycles. The summed E-state index contributed by atoms with van der Waals surface area (Å²) in [7, 11) is 3.28. The molecule has 0 saturated carbocycles. The highest BCUT2D eigenvalue weighted by Gasteiger charge is 2.08. The summed E-state index contributed by atoms with van der Waals surface area (Å²) >= 11 is 0. The van der Waals surface area contributed by atoms with E-state index in [1.807, 2.05) is 18.9 Å². The van der Waals surface area contributed by atoms with Crippen LogP contribution in [0, 0.1) is 5.82 Å². The number of halogens is 1. The molecule has 0 unspecified atom stereocenters. The van der Waals surface area contributed by atoms with Crippen LogP contribution in [-0.2, 0) is 11.3 Å². The molecule has 0 amide bonds. The first-order valence-corrected chi connectivity index (χ1v) is 5.59. The Labute approximate surface area is 101 Å². The lowest BCUT2D eigenvalue weighted by Crippen LogP contribution is -2.25. The van der Waals surface area contributed by atoms with Gasteiger partial charge in [0.1, 0.15) is 5.78 Å². The van der Waals surface area contributed by atoms with Gasteiger partial charge in [0.25, 0.3) is 0 Å². The Morgan fingerprint density at radius 2 is 2.18 bits per heavy atom. The molecule has 0 heterocycles. The lowest BCUT2D eigenvalue weighted by Gasteiger charge is -2.15. The topological polar surface area (TPSA) is 29.5 Å². The van der Waals surface area contributed by atoms with E-state index in [0.29, 0.717) is 19.5 Å². The van der Waals surface area contributed by atoms with Crippen molar-refractivity contribution in [1.82, 2.24) is 4.90 Å². The molecule has 0 aliphatic rings. The van der Waals surface area contributed by atoms with Gasteiger partial charge in [0, 0.05) is 13.0 Å². The van der Waals surface area contributed by atoms with Gasteiger partial charge in [-0.05, 0) is 24.7 Å². The van der Waals surface area contributed by atoms with Crippen LogP contribution in [0.2, 0.25) is 0 Å². The van der Waals surface area contributed by atoms with E-state index in [1.54, 1.807) is 12.1 Å². The number of likely N-dealkylation sites (N-methyl/N-ethyl adjacent to an activating group) is 1. The minimum absolute atomic E-state index is 0.182. The fourth-order valence-electron chi connectivity index (χ4n) is 1.59. The predicted octanol–water partition coefficient (Wildman–Crippen LogP) is 2.25. The van der Waals surface area contributed by atoms with Crippen LogP contribution in [0.25, 0.3) is 0 Å². The highest BCUT2D eigenvalue weighted by atomic mass is 19.1. The first-order valence-electron chi connectivity index (χ1n) is 5.59. The van der Waals surface area contributed by atoms with Crippen LogP contribution < -0.4 is 4.74 Å². The smallest absolute Gasteiger partial charge is 0.165 e. The molecule has 0 atom stereocenters. The maximum absolute atomic E-state index is 13.4. The van der Waals surface area contributed by atoms with Crippen LogP contribution in [0.4, 0.5) is 4.39 Å². The second-order valence-corrected chi connectivity index (χ2v) is 4.03. The van der Waals surface area contributed by atoms with Crippen molar-refractivity contribution in [1.29, 1.82) is 0 Å². The summed E-state index contributed by atoms with van der Waals surface area (Å²) in [5, 5.41) is 0. The van der Waals surface area contributed by atoms with Crippen molar-refractivity contribution in [3.8, 4) is 5.75 Å². The normalized spacial score (nSPS) is 10.6. The largest absolute Gasteiger partial charge is 0.494 e. The predicted molar refractivity (Wildman–Crippen MR) is 64.6 cm³/mol. The molecule has 0 bridgehead atoms. The van der Waals surface area contributed by atoms with Crippen molar-refractivity contribution >= 4 is 5.78 Å². The Kier molecular flexibility index (Phi) is 5.10. The van der Waals surface area contributed by atoms with Crippen LogP contribution >= 0.6 is 0 Å². The van der Waals surface area contributed by atoms with Crippen LogP contribution in [0.5, 0.6) is 5.75 Å². The van der Waals surface area contributed by atoms with E-state index in [4.69, 9.17) is 4.74 Å². The fourth-order valence-corrected chi connectivity index (χ4v) is 1.59. The van der Waals surface area contributed by atoms with Crippen LogP contribution in [0.15, 0.2) is 18.2 Å². The summed E-state index contributed by atoms with van der Waals surface area (Å²) in [6.45, 7) is 2.78. The van der Waals surface area contributed by atoms with E-state index in [2.05, 4.69) is 0 Å². The number of carbonyl (C=O) groups is 1. The van der Waals surface area contributed by atoms with E-state index in [9.17, 15) is 9.18 Å². The Bertz CT molecular complexity index is 393. The molecule has 17 heavy (non-hydrogen) atoms. The quantitative estimate of drug-likeness (QED) is 0.762. The number of ether oxygens (including phenoxy) is 1. The molecular formula is C13H18FNO2. The van der Waals surface area contributed by atoms with Gasteiger partial charge in [0.15, 0.2) is 11.6 Å². The van der Waals surface area contributed by atoms with Crippen molar-refractivity contribution in [3.63, 3.8) is 0 Å². The average molecular weight is 239 g/mol. The summed E-state index contributed by atoms with van der Waals surface area (Å²) < 4.78 is 18.3. The molecule has 0 spiro atoms. The summed E-state index contributed by atoms with van der Waals surface area (Å²) in [6.07, 6.45) is 0.529.